The molecule has 164 valence electrons. The molecule has 0 radical (unpaired) electrons. The van der Waals surface area contributed by atoms with E-state index in [0.717, 1.165) is 22.4 Å². The van der Waals surface area contributed by atoms with Crippen LogP contribution in [0.3, 0.4) is 0 Å². The molecule has 6 nitrogen and oxygen atoms in total. The predicted molar refractivity (Wildman–Crippen MR) is 130 cm³/mol. The molecule has 2 aromatic heterocycles. The van der Waals surface area contributed by atoms with Crippen molar-refractivity contribution in [2.45, 2.75) is 34.2 Å². The van der Waals surface area contributed by atoms with Crippen molar-refractivity contribution >= 4 is 33.1 Å². The van der Waals surface area contributed by atoms with Crippen LogP contribution in [0.25, 0.3) is 15.9 Å². The van der Waals surface area contributed by atoms with Gasteiger partial charge >= 0.3 is 5.69 Å². The molecule has 4 aromatic rings. The van der Waals surface area contributed by atoms with Crippen LogP contribution in [0.1, 0.15) is 23.6 Å². The summed E-state index contributed by atoms with van der Waals surface area (Å²) in [6, 6.07) is 15.0. The van der Waals surface area contributed by atoms with Gasteiger partial charge < -0.3 is 4.90 Å². The molecule has 0 saturated heterocycles. The van der Waals surface area contributed by atoms with E-state index in [0.29, 0.717) is 22.4 Å². The number of carbonyl (C=O) groups excluding carboxylic acids is 1. The molecule has 2 heterocycles. The fourth-order valence-electron chi connectivity index (χ4n) is 4.03. The van der Waals surface area contributed by atoms with E-state index < -0.39 is 5.69 Å². The lowest BCUT2D eigenvalue weighted by Gasteiger charge is -2.22. The van der Waals surface area contributed by atoms with Gasteiger partial charge in [-0.1, -0.05) is 29.8 Å². The van der Waals surface area contributed by atoms with Crippen LogP contribution in [-0.2, 0) is 11.3 Å². The predicted octanol–water partition coefficient (Wildman–Crippen LogP) is 4.19. The number of hydrogen-bond donors (Lipinski definition) is 0. The molecule has 0 N–H and O–H groups in total. The first-order chi connectivity index (χ1) is 15.3. The number of likely N-dealkylation sites (N-methyl/N-ethyl adjacent to an activating group) is 1. The Kier molecular flexibility index (Phi) is 5.84. The van der Waals surface area contributed by atoms with Gasteiger partial charge in [0.1, 0.15) is 11.2 Å². The van der Waals surface area contributed by atoms with Gasteiger partial charge in [0.05, 0.1) is 11.2 Å². The van der Waals surface area contributed by atoms with Crippen molar-refractivity contribution in [2.24, 2.45) is 0 Å². The Labute approximate surface area is 190 Å². The second-order valence-electron chi connectivity index (χ2n) is 7.91. The summed E-state index contributed by atoms with van der Waals surface area (Å²) in [5.41, 5.74) is 3.86. The molecular formula is C25H25N3O3S. The largest absolute Gasteiger partial charge is 0.336 e. The fraction of sp³-hybridized carbons (Fsp3) is 0.240. The van der Waals surface area contributed by atoms with E-state index in [1.54, 1.807) is 22.4 Å². The van der Waals surface area contributed by atoms with Gasteiger partial charge in [-0.3, -0.25) is 14.2 Å². The average molecular weight is 448 g/mol. The molecule has 1 amide bonds. The lowest BCUT2D eigenvalue weighted by molar-refractivity contribution is -0.119. The summed E-state index contributed by atoms with van der Waals surface area (Å²) in [5, 5.41) is 1.77. The summed E-state index contributed by atoms with van der Waals surface area (Å²) >= 11 is 1.28. The molecular weight excluding hydrogens is 422 g/mol. The normalized spacial score (nSPS) is 11.1. The first-order valence-corrected chi connectivity index (χ1v) is 11.4. The van der Waals surface area contributed by atoms with Crippen LogP contribution < -0.4 is 16.1 Å². The Bertz CT molecular complexity index is 1450. The number of carbonyl (C=O) groups is 1. The molecule has 0 fully saturated rings. The lowest BCUT2D eigenvalue weighted by Crippen LogP contribution is -2.42. The zero-order valence-electron chi connectivity index (χ0n) is 18.6. The van der Waals surface area contributed by atoms with Crippen LogP contribution in [0, 0.1) is 20.8 Å². The minimum absolute atomic E-state index is 0.154. The summed E-state index contributed by atoms with van der Waals surface area (Å²) in [4.78, 5) is 41.7. The molecule has 7 heteroatoms. The van der Waals surface area contributed by atoms with Gasteiger partial charge in [0.15, 0.2) is 0 Å². The van der Waals surface area contributed by atoms with Crippen molar-refractivity contribution in [2.75, 3.05) is 11.4 Å². The Morgan fingerprint density at radius 1 is 1.00 bits per heavy atom. The van der Waals surface area contributed by atoms with Crippen molar-refractivity contribution in [3.05, 3.63) is 91.4 Å². The summed E-state index contributed by atoms with van der Waals surface area (Å²) in [5.74, 6) is -0.210. The smallest absolute Gasteiger partial charge is 0.311 e. The van der Waals surface area contributed by atoms with E-state index in [1.165, 1.54) is 20.5 Å². The number of benzene rings is 2. The third-order valence-electron chi connectivity index (χ3n) is 5.57. The number of thiophene rings is 1. The average Bonchev–Trinajstić information content (AvgIpc) is 3.23. The number of aryl methyl sites for hydroxylation is 3. The minimum Gasteiger partial charge on any atom is -0.311 e. The Morgan fingerprint density at radius 2 is 1.75 bits per heavy atom. The second kappa shape index (κ2) is 8.59. The van der Waals surface area contributed by atoms with E-state index >= 15 is 0 Å². The van der Waals surface area contributed by atoms with E-state index in [4.69, 9.17) is 0 Å². The highest BCUT2D eigenvalue weighted by Crippen LogP contribution is 2.20. The highest BCUT2D eigenvalue weighted by Gasteiger charge is 2.21. The number of hydrogen-bond acceptors (Lipinski definition) is 4. The SMILES string of the molecule is CCN(C(=O)Cn1c(=O)n(-c2ccc(C)cc2C)c(=O)c2sccc21)c1cccc(C)c1. The zero-order valence-corrected chi connectivity index (χ0v) is 19.4. The molecule has 0 aliphatic carbocycles. The molecule has 0 bridgehead atoms. The van der Waals surface area contributed by atoms with Crippen LogP contribution in [0.2, 0.25) is 0 Å². The maximum Gasteiger partial charge on any atom is 0.336 e. The molecule has 0 saturated carbocycles. The highest BCUT2D eigenvalue weighted by atomic mass is 32.1. The van der Waals surface area contributed by atoms with Gasteiger partial charge in [-0.05, 0) is 68.5 Å². The van der Waals surface area contributed by atoms with E-state index in [-0.39, 0.29) is 18.0 Å². The highest BCUT2D eigenvalue weighted by molar-refractivity contribution is 7.17. The standard InChI is InChI=1S/C25H25N3O3S/c1-5-26(19-8-6-7-16(2)14-19)22(29)15-27-21-11-12-32-23(21)24(30)28(25(27)31)20-10-9-17(3)13-18(20)4/h6-14H,5,15H2,1-4H3. The Balaban J connectivity index is 1.86. The molecule has 0 unspecified atom stereocenters. The van der Waals surface area contributed by atoms with Gasteiger partial charge in [-0.25, -0.2) is 9.36 Å². The summed E-state index contributed by atoms with van der Waals surface area (Å²) in [6.45, 7) is 8.03. The van der Waals surface area contributed by atoms with Crippen molar-refractivity contribution in [3.63, 3.8) is 0 Å². The van der Waals surface area contributed by atoms with Gasteiger partial charge in [0, 0.05) is 12.2 Å². The van der Waals surface area contributed by atoms with Crippen molar-refractivity contribution in [3.8, 4) is 5.69 Å². The Hall–Kier alpha value is -3.45. The van der Waals surface area contributed by atoms with E-state index in [9.17, 15) is 14.4 Å². The van der Waals surface area contributed by atoms with Crippen molar-refractivity contribution < 1.29 is 4.79 Å². The van der Waals surface area contributed by atoms with Gasteiger partial charge in [0.25, 0.3) is 5.56 Å². The third kappa shape index (κ3) is 3.80. The number of nitrogens with zero attached hydrogens (tertiary/aromatic N) is 3. The number of fused-ring (bicyclic) bond motifs is 1. The summed E-state index contributed by atoms with van der Waals surface area (Å²) in [6.07, 6.45) is 0. The zero-order chi connectivity index (χ0) is 23.0. The molecule has 0 spiro atoms. The quantitative estimate of drug-likeness (QED) is 0.461. The van der Waals surface area contributed by atoms with E-state index in [1.807, 2.05) is 64.1 Å². The molecule has 0 atom stereocenters. The minimum atomic E-state index is -0.513. The molecule has 0 aliphatic heterocycles. The van der Waals surface area contributed by atoms with Crippen LogP contribution in [-0.4, -0.2) is 21.6 Å². The van der Waals surface area contributed by atoms with E-state index in [2.05, 4.69) is 0 Å². The van der Waals surface area contributed by atoms with Crippen LogP contribution >= 0.6 is 11.3 Å². The molecule has 32 heavy (non-hydrogen) atoms. The maximum atomic E-state index is 13.5. The summed E-state index contributed by atoms with van der Waals surface area (Å²) < 4.78 is 3.05. The van der Waals surface area contributed by atoms with Crippen LogP contribution in [0.15, 0.2) is 63.5 Å². The number of amides is 1. The van der Waals surface area contributed by atoms with Crippen molar-refractivity contribution in [1.82, 2.24) is 9.13 Å². The first-order valence-electron chi connectivity index (χ1n) is 10.5. The first kappa shape index (κ1) is 21.8. The van der Waals surface area contributed by atoms with Gasteiger partial charge in [-0.15, -0.1) is 11.3 Å². The lowest BCUT2D eigenvalue weighted by atomic mass is 10.1. The third-order valence-corrected chi connectivity index (χ3v) is 6.46. The molecule has 2 aromatic carbocycles. The van der Waals surface area contributed by atoms with Crippen molar-refractivity contribution in [1.29, 1.82) is 0 Å². The number of aromatic nitrogens is 2. The van der Waals surface area contributed by atoms with Gasteiger partial charge in [0.2, 0.25) is 5.91 Å². The maximum absolute atomic E-state index is 13.5. The Morgan fingerprint density at radius 3 is 2.44 bits per heavy atom. The molecule has 4 rings (SSSR count). The van der Waals surface area contributed by atoms with Gasteiger partial charge in [-0.2, -0.15) is 0 Å². The number of anilines is 1. The fourth-order valence-corrected chi connectivity index (χ4v) is 4.85. The second-order valence-corrected chi connectivity index (χ2v) is 8.83. The monoisotopic (exact) mass is 447 g/mol. The summed E-state index contributed by atoms with van der Waals surface area (Å²) in [7, 11) is 0. The topological polar surface area (TPSA) is 64.3 Å². The van der Waals surface area contributed by atoms with Crippen LogP contribution in [0.4, 0.5) is 5.69 Å². The van der Waals surface area contributed by atoms with Crippen LogP contribution in [0.5, 0.6) is 0 Å². The molecule has 0 aliphatic rings. The number of rotatable bonds is 5.